The Morgan fingerprint density at radius 2 is 2.00 bits per heavy atom. The summed E-state index contributed by atoms with van der Waals surface area (Å²) in [7, 11) is 0. The summed E-state index contributed by atoms with van der Waals surface area (Å²) in [6.07, 6.45) is 3.61. The molecule has 100 valence electrons. The summed E-state index contributed by atoms with van der Waals surface area (Å²) in [4.78, 5) is 14.2. The van der Waals surface area contributed by atoms with Gasteiger partial charge in [0.15, 0.2) is 0 Å². The van der Waals surface area contributed by atoms with Gasteiger partial charge in [0.25, 0.3) is 0 Å². The number of hydrogen-bond acceptors (Lipinski definition) is 2. The second kappa shape index (κ2) is 4.97. The first-order valence-electron chi connectivity index (χ1n) is 6.68. The lowest BCUT2D eigenvalue weighted by Gasteiger charge is -2.33. The molecular formula is C14H28N2O. The van der Waals surface area contributed by atoms with E-state index >= 15 is 0 Å². The van der Waals surface area contributed by atoms with Crippen LogP contribution >= 0.6 is 0 Å². The third-order valence-corrected chi connectivity index (χ3v) is 3.51. The lowest BCUT2D eigenvalue weighted by atomic mass is 9.87. The molecule has 0 aromatic carbocycles. The van der Waals surface area contributed by atoms with Gasteiger partial charge in [-0.25, -0.2) is 0 Å². The minimum Gasteiger partial charge on any atom is -0.338 e. The first kappa shape index (κ1) is 14.5. The van der Waals surface area contributed by atoms with E-state index in [0.29, 0.717) is 6.42 Å². The van der Waals surface area contributed by atoms with Gasteiger partial charge in [-0.1, -0.05) is 20.8 Å². The molecule has 0 aromatic heterocycles. The fourth-order valence-corrected chi connectivity index (χ4v) is 2.76. The molecule has 1 heterocycles. The molecule has 0 spiro atoms. The average Bonchev–Trinajstić information content (AvgIpc) is 2.40. The van der Waals surface area contributed by atoms with Gasteiger partial charge in [-0.15, -0.1) is 0 Å². The van der Waals surface area contributed by atoms with Crippen molar-refractivity contribution in [1.29, 1.82) is 0 Å². The highest BCUT2D eigenvalue weighted by atomic mass is 16.2. The van der Waals surface area contributed by atoms with Gasteiger partial charge >= 0.3 is 0 Å². The van der Waals surface area contributed by atoms with Crippen molar-refractivity contribution in [2.75, 3.05) is 6.54 Å². The van der Waals surface area contributed by atoms with E-state index in [9.17, 15) is 4.79 Å². The third-order valence-electron chi connectivity index (χ3n) is 3.51. The van der Waals surface area contributed by atoms with E-state index in [1.54, 1.807) is 0 Å². The lowest BCUT2D eigenvalue weighted by Crippen LogP contribution is -2.45. The van der Waals surface area contributed by atoms with Gasteiger partial charge in [0.2, 0.25) is 5.91 Å². The van der Waals surface area contributed by atoms with Gasteiger partial charge in [0.1, 0.15) is 0 Å². The molecule has 1 amide bonds. The van der Waals surface area contributed by atoms with Crippen LogP contribution in [0.25, 0.3) is 0 Å². The van der Waals surface area contributed by atoms with Crippen LogP contribution in [0.4, 0.5) is 0 Å². The molecule has 1 rings (SSSR count). The molecule has 0 saturated carbocycles. The monoisotopic (exact) mass is 240 g/mol. The average molecular weight is 240 g/mol. The van der Waals surface area contributed by atoms with E-state index in [0.717, 1.165) is 25.8 Å². The number of nitrogens with two attached hydrogens (primary N) is 1. The molecule has 1 fully saturated rings. The van der Waals surface area contributed by atoms with E-state index in [-0.39, 0.29) is 22.9 Å². The van der Waals surface area contributed by atoms with Gasteiger partial charge in [0.05, 0.1) is 0 Å². The van der Waals surface area contributed by atoms with Crippen molar-refractivity contribution in [1.82, 2.24) is 4.90 Å². The zero-order chi connectivity index (χ0) is 13.3. The fraction of sp³-hybridized carbons (Fsp3) is 0.929. The molecule has 0 aromatic rings. The summed E-state index contributed by atoms with van der Waals surface area (Å²) in [5.74, 6) is 0.226. The van der Waals surface area contributed by atoms with E-state index in [2.05, 4.69) is 34.6 Å². The van der Waals surface area contributed by atoms with Crippen LogP contribution in [0, 0.1) is 5.41 Å². The number of amides is 1. The zero-order valence-corrected chi connectivity index (χ0v) is 12.0. The Morgan fingerprint density at radius 1 is 1.41 bits per heavy atom. The number of nitrogens with zero attached hydrogens (tertiary/aromatic N) is 1. The minimum atomic E-state index is -0.0149. The number of carbonyl (C=O) groups excluding carboxylic acids is 1. The summed E-state index contributed by atoms with van der Waals surface area (Å²) in [5, 5.41) is 0. The van der Waals surface area contributed by atoms with Crippen molar-refractivity contribution < 1.29 is 4.79 Å². The van der Waals surface area contributed by atoms with Crippen LogP contribution in [0.2, 0.25) is 0 Å². The Morgan fingerprint density at radius 3 is 2.41 bits per heavy atom. The summed E-state index contributed by atoms with van der Waals surface area (Å²) in [6, 6.07) is -0.0149. The summed E-state index contributed by atoms with van der Waals surface area (Å²) in [6.45, 7) is 11.7. The molecule has 3 heteroatoms. The van der Waals surface area contributed by atoms with Gasteiger partial charge in [-0.3, -0.25) is 4.79 Å². The molecule has 17 heavy (non-hydrogen) atoms. The molecule has 0 bridgehead atoms. The second-order valence-corrected chi connectivity index (χ2v) is 7.19. The van der Waals surface area contributed by atoms with E-state index in [4.69, 9.17) is 5.73 Å². The molecule has 1 aliphatic rings. The fourth-order valence-electron chi connectivity index (χ4n) is 2.76. The van der Waals surface area contributed by atoms with Crippen LogP contribution in [-0.2, 0) is 4.79 Å². The van der Waals surface area contributed by atoms with Crippen molar-refractivity contribution in [3.8, 4) is 0 Å². The van der Waals surface area contributed by atoms with E-state index < -0.39 is 0 Å². The Kier molecular flexibility index (Phi) is 4.23. The van der Waals surface area contributed by atoms with Crippen LogP contribution < -0.4 is 5.73 Å². The topological polar surface area (TPSA) is 46.3 Å². The van der Waals surface area contributed by atoms with Crippen molar-refractivity contribution in [2.24, 2.45) is 11.1 Å². The van der Waals surface area contributed by atoms with Gasteiger partial charge in [-0.05, 0) is 38.5 Å². The molecule has 0 aliphatic carbocycles. The first-order chi connectivity index (χ1) is 7.62. The molecule has 0 radical (unpaired) electrons. The smallest absolute Gasteiger partial charge is 0.224 e. The normalized spacial score (nSPS) is 21.6. The molecular weight excluding hydrogens is 212 g/mol. The Balaban J connectivity index is 2.49. The predicted molar refractivity (Wildman–Crippen MR) is 71.7 cm³/mol. The van der Waals surface area contributed by atoms with E-state index in [1.165, 1.54) is 0 Å². The molecule has 2 N–H and O–H groups in total. The predicted octanol–water partition coefficient (Wildman–Crippen LogP) is 2.54. The van der Waals surface area contributed by atoms with Crippen LogP contribution in [0.3, 0.4) is 0 Å². The summed E-state index contributed by atoms with van der Waals surface area (Å²) < 4.78 is 0. The van der Waals surface area contributed by atoms with Crippen LogP contribution in [-0.4, -0.2) is 28.9 Å². The Bertz CT molecular complexity index is 278. The molecule has 1 atom stereocenters. The van der Waals surface area contributed by atoms with E-state index in [1.807, 2.05) is 4.90 Å². The van der Waals surface area contributed by atoms with Crippen molar-refractivity contribution in [3.05, 3.63) is 0 Å². The highest BCUT2D eigenvalue weighted by molar-refractivity contribution is 5.78. The van der Waals surface area contributed by atoms with Gasteiger partial charge in [-0.2, -0.15) is 0 Å². The molecule has 1 saturated heterocycles. The third kappa shape index (κ3) is 4.30. The molecule has 1 aliphatic heterocycles. The largest absolute Gasteiger partial charge is 0.338 e. The van der Waals surface area contributed by atoms with Gasteiger partial charge in [0, 0.05) is 24.5 Å². The SMILES string of the molecule is CC(C)(C)CC(N)CC(=O)N1CCCC1(C)C. The number of carbonyl (C=O) groups is 1. The standard InChI is InChI=1S/C14H28N2O/c1-13(2,3)10-11(15)9-12(17)16-8-6-7-14(16,4)5/h11H,6-10,15H2,1-5H3. The van der Waals surface area contributed by atoms with Crippen LogP contribution in [0.1, 0.15) is 60.3 Å². The lowest BCUT2D eigenvalue weighted by molar-refractivity contribution is -0.134. The quantitative estimate of drug-likeness (QED) is 0.824. The Hall–Kier alpha value is -0.570. The highest BCUT2D eigenvalue weighted by Gasteiger charge is 2.35. The number of hydrogen-bond donors (Lipinski definition) is 1. The second-order valence-electron chi connectivity index (χ2n) is 7.19. The first-order valence-corrected chi connectivity index (χ1v) is 6.68. The maximum atomic E-state index is 12.2. The van der Waals surface area contributed by atoms with Crippen molar-refractivity contribution >= 4 is 5.91 Å². The minimum absolute atomic E-state index is 0.0149. The van der Waals surface area contributed by atoms with Crippen LogP contribution in [0.15, 0.2) is 0 Å². The summed E-state index contributed by atoms with van der Waals surface area (Å²) in [5.41, 5.74) is 6.29. The zero-order valence-electron chi connectivity index (χ0n) is 12.0. The molecule has 1 unspecified atom stereocenters. The summed E-state index contributed by atoms with van der Waals surface area (Å²) >= 11 is 0. The van der Waals surface area contributed by atoms with Gasteiger partial charge < -0.3 is 10.6 Å². The van der Waals surface area contributed by atoms with Crippen LogP contribution in [0.5, 0.6) is 0 Å². The maximum Gasteiger partial charge on any atom is 0.224 e. The maximum absolute atomic E-state index is 12.2. The molecule has 3 nitrogen and oxygen atoms in total. The number of rotatable bonds is 3. The van der Waals surface area contributed by atoms with Crippen molar-refractivity contribution in [2.45, 2.75) is 71.9 Å². The highest BCUT2D eigenvalue weighted by Crippen LogP contribution is 2.29. The van der Waals surface area contributed by atoms with Crippen molar-refractivity contribution in [3.63, 3.8) is 0 Å². The number of likely N-dealkylation sites (tertiary alicyclic amines) is 1. The Labute approximate surface area is 106 Å².